The molecule has 0 aliphatic carbocycles. The lowest BCUT2D eigenvalue weighted by molar-refractivity contribution is -0.165. The standard InChI is InChI=1S/C14H12F6O4/c1-22-9-5-4-7(11(23-2)12(9)24-3)8(13(15,16)17)6-10(21)14(18,19)20/h4-6H,1-3H3/b8-6+. The lowest BCUT2D eigenvalue weighted by Crippen LogP contribution is -2.23. The van der Waals surface area contributed by atoms with E-state index in [4.69, 9.17) is 14.2 Å². The van der Waals surface area contributed by atoms with E-state index in [1.807, 2.05) is 0 Å². The van der Waals surface area contributed by atoms with E-state index in [-0.39, 0.29) is 11.5 Å². The number of carbonyl (C=O) groups excluding carboxylic acids is 1. The Kier molecular flexibility index (Phi) is 5.75. The van der Waals surface area contributed by atoms with Gasteiger partial charge in [0.2, 0.25) is 5.75 Å². The van der Waals surface area contributed by atoms with Crippen LogP contribution in [0.4, 0.5) is 26.3 Å². The highest BCUT2D eigenvalue weighted by Crippen LogP contribution is 2.46. The van der Waals surface area contributed by atoms with Crippen LogP contribution in [0.1, 0.15) is 5.56 Å². The number of ether oxygens (including phenoxy) is 3. The summed E-state index contributed by atoms with van der Waals surface area (Å²) in [5, 5.41) is 0. The maximum atomic E-state index is 13.2. The summed E-state index contributed by atoms with van der Waals surface area (Å²) >= 11 is 0. The molecule has 0 N–H and O–H groups in total. The largest absolute Gasteiger partial charge is 0.493 e. The van der Waals surface area contributed by atoms with Gasteiger partial charge in [0.05, 0.1) is 26.9 Å². The number of halogens is 6. The van der Waals surface area contributed by atoms with Crippen molar-refractivity contribution in [1.29, 1.82) is 0 Å². The highest BCUT2D eigenvalue weighted by Gasteiger charge is 2.43. The average Bonchev–Trinajstić information content (AvgIpc) is 2.48. The zero-order valence-electron chi connectivity index (χ0n) is 12.6. The molecule has 0 unspecified atom stereocenters. The molecule has 0 saturated carbocycles. The lowest BCUT2D eigenvalue weighted by Gasteiger charge is -2.19. The fraction of sp³-hybridized carbons (Fsp3) is 0.357. The van der Waals surface area contributed by atoms with Crippen molar-refractivity contribution in [1.82, 2.24) is 0 Å². The van der Waals surface area contributed by atoms with Gasteiger partial charge in [0.25, 0.3) is 5.78 Å². The molecular weight excluding hydrogens is 346 g/mol. The summed E-state index contributed by atoms with van der Waals surface area (Å²) in [5.41, 5.74) is -2.61. The fourth-order valence-electron chi connectivity index (χ4n) is 1.84. The predicted octanol–water partition coefficient (Wildman–Crippen LogP) is 3.79. The molecule has 1 rings (SSSR count). The maximum absolute atomic E-state index is 13.2. The molecule has 0 amide bonds. The van der Waals surface area contributed by atoms with Gasteiger partial charge in [-0.25, -0.2) is 0 Å². The predicted molar refractivity (Wildman–Crippen MR) is 71.2 cm³/mol. The van der Waals surface area contributed by atoms with Crippen LogP contribution in [-0.4, -0.2) is 39.5 Å². The van der Waals surface area contributed by atoms with Crippen molar-refractivity contribution in [2.45, 2.75) is 12.4 Å². The fourth-order valence-corrected chi connectivity index (χ4v) is 1.84. The van der Waals surface area contributed by atoms with Crippen molar-refractivity contribution < 1.29 is 45.3 Å². The third-order valence-corrected chi connectivity index (χ3v) is 2.85. The van der Waals surface area contributed by atoms with E-state index in [1.165, 1.54) is 7.11 Å². The normalized spacial score (nSPS) is 12.8. The molecule has 4 nitrogen and oxygen atoms in total. The molecule has 134 valence electrons. The van der Waals surface area contributed by atoms with Crippen LogP contribution in [0.5, 0.6) is 17.2 Å². The first-order valence-corrected chi connectivity index (χ1v) is 6.16. The Labute approximate surface area is 132 Å². The molecule has 0 fully saturated rings. The highest BCUT2D eigenvalue weighted by atomic mass is 19.4. The van der Waals surface area contributed by atoms with Gasteiger partial charge in [0.1, 0.15) is 0 Å². The zero-order valence-corrected chi connectivity index (χ0v) is 12.6. The molecule has 0 aliphatic rings. The monoisotopic (exact) mass is 358 g/mol. The number of ketones is 1. The summed E-state index contributed by atoms with van der Waals surface area (Å²) in [4.78, 5) is 11.0. The van der Waals surface area contributed by atoms with E-state index < -0.39 is 41.1 Å². The summed E-state index contributed by atoms with van der Waals surface area (Å²) in [7, 11) is 3.33. The third-order valence-electron chi connectivity index (χ3n) is 2.85. The summed E-state index contributed by atoms with van der Waals surface area (Å²) in [6.45, 7) is 0. The van der Waals surface area contributed by atoms with E-state index >= 15 is 0 Å². The maximum Gasteiger partial charge on any atom is 0.454 e. The Hall–Kier alpha value is -2.39. The van der Waals surface area contributed by atoms with Crippen LogP contribution in [0, 0.1) is 0 Å². The van der Waals surface area contributed by atoms with Crippen molar-refractivity contribution in [3.8, 4) is 17.2 Å². The summed E-state index contributed by atoms with van der Waals surface area (Å²) in [5.74, 6) is -3.42. The van der Waals surface area contributed by atoms with E-state index in [0.717, 1.165) is 26.4 Å². The van der Waals surface area contributed by atoms with Crippen LogP contribution in [0.2, 0.25) is 0 Å². The number of alkyl halides is 6. The van der Waals surface area contributed by atoms with Gasteiger partial charge in [-0.15, -0.1) is 0 Å². The van der Waals surface area contributed by atoms with Crippen molar-refractivity contribution in [3.63, 3.8) is 0 Å². The Morgan fingerprint density at radius 3 is 1.79 bits per heavy atom. The Morgan fingerprint density at radius 2 is 1.42 bits per heavy atom. The van der Waals surface area contributed by atoms with Gasteiger partial charge in [-0.05, 0) is 12.1 Å². The topological polar surface area (TPSA) is 44.8 Å². The number of hydrogen-bond acceptors (Lipinski definition) is 4. The van der Waals surface area contributed by atoms with Crippen LogP contribution < -0.4 is 14.2 Å². The van der Waals surface area contributed by atoms with Gasteiger partial charge in [-0.3, -0.25) is 4.79 Å². The number of rotatable bonds is 5. The second-order valence-electron chi connectivity index (χ2n) is 4.30. The minimum Gasteiger partial charge on any atom is -0.493 e. The lowest BCUT2D eigenvalue weighted by atomic mass is 10.0. The minimum absolute atomic E-state index is 0.00164. The Bertz CT molecular complexity index is 646. The smallest absolute Gasteiger partial charge is 0.454 e. The molecule has 0 atom stereocenters. The molecule has 0 aliphatic heterocycles. The van der Waals surface area contributed by atoms with Crippen molar-refractivity contribution in [2.24, 2.45) is 0 Å². The molecule has 10 heteroatoms. The SMILES string of the molecule is COc1ccc(/C(=C\C(=O)C(F)(F)F)C(F)(F)F)c(OC)c1OC. The van der Waals surface area contributed by atoms with Gasteiger partial charge in [-0.2, -0.15) is 26.3 Å². The van der Waals surface area contributed by atoms with E-state index in [9.17, 15) is 31.1 Å². The molecule has 0 spiro atoms. The molecule has 0 saturated heterocycles. The van der Waals surface area contributed by atoms with Gasteiger partial charge >= 0.3 is 12.4 Å². The van der Waals surface area contributed by atoms with Crippen LogP contribution in [0.25, 0.3) is 5.57 Å². The summed E-state index contributed by atoms with van der Waals surface area (Å²) in [6, 6.07) is 1.87. The number of benzene rings is 1. The highest BCUT2D eigenvalue weighted by molar-refractivity contribution is 6.01. The third kappa shape index (κ3) is 4.12. The number of methoxy groups -OCH3 is 3. The molecule has 0 bridgehead atoms. The van der Waals surface area contributed by atoms with Crippen LogP contribution >= 0.6 is 0 Å². The zero-order chi connectivity index (χ0) is 18.7. The molecule has 1 aromatic carbocycles. The first-order chi connectivity index (χ1) is 11.0. The van der Waals surface area contributed by atoms with Gasteiger partial charge in [0, 0.05) is 11.6 Å². The second-order valence-corrected chi connectivity index (χ2v) is 4.30. The molecule has 1 aromatic rings. The van der Waals surface area contributed by atoms with Gasteiger partial charge in [0.15, 0.2) is 11.5 Å². The number of hydrogen-bond donors (Lipinski definition) is 0. The van der Waals surface area contributed by atoms with Crippen LogP contribution in [-0.2, 0) is 4.79 Å². The Morgan fingerprint density at radius 1 is 0.875 bits per heavy atom. The van der Waals surface area contributed by atoms with Gasteiger partial charge in [-0.1, -0.05) is 0 Å². The van der Waals surface area contributed by atoms with Crippen LogP contribution in [0.3, 0.4) is 0 Å². The first kappa shape index (κ1) is 19.7. The molecule has 0 heterocycles. The van der Waals surface area contributed by atoms with Crippen molar-refractivity contribution in [2.75, 3.05) is 21.3 Å². The average molecular weight is 358 g/mol. The Balaban J connectivity index is 3.68. The van der Waals surface area contributed by atoms with Crippen molar-refractivity contribution in [3.05, 3.63) is 23.8 Å². The summed E-state index contributed by atoms with van der Waals surface area (Å²) in [6.07, 6.45) is -11.2. The van der Waals surface area contributed by atoms with Crippen LogP contribution in [0.15, 0.2) is 18.2 Å². The first-order valence-electron chi connectivity index (χ1n) is 6.16. The quantitative estimate of drug-likeness (QED) is 0.594. The van der Waals surface area contributed by atoms with E-state index in [2.05, 4.69) is 0 Å². The van der Waals surface area contributed by atoms with Crippen molar-refractivity contribution >= 4 is 11.4 Å². The van der Waals surface area contributed by atoms with Gasteiger partial charge < -0.3 is 14.2 Å². The van der Waals surface area contributed by atoms with E-state index in [0.29, 0.717) is 0 Å². The number of allylic oxidation sites excluding steroid dienone is 2. The molecular formula is C14H12F6O4. The molecule has 0 aromatic heterocycles. The summed E-state index contributed by atoms with van der Waals surface area (Å²) < 4.78 is 91.1. The molecule has 24 heavy (non-hydrogen) atoms. The molecule has 0 radical (unpaired) electrons. The minimum atomic E-state index is -5.44. The van der Waals surface area contributed by atoms with E-state index in [1.54, 1.807) is 0 Å². The second kappa shape index (κ2) is 7.02. The number of carbonyl (C=O) groups is 1.